The molecule has 1 fully saturated rings. The van der Waals surface area contributed by atoms with Crippen LogP contribution in [0.15, 0.2) is 48.5 Å². The highest BCUT2D eigenvalue weighted by Gasteiger charge is 2.25. The van der Waals surface area contributed by atoms with Crippen LogP contribution in [-0.2, 0) is 9.59 Å². The molecule has 2 amide bonds. The van der Waals surface area contributed by atoms with Crippen molar-refractivity contribution in [3.05, 3.63) is 65.2 Å². The second-order valence-electron chi connectivity index (χ2n) is 8.61. The van der Waals surface area contributed by atoms with E-state index in [4.69, 9.17) is 5.11 Å². The number of aliphatic hydroxyl groups excluding tert-OH is 2. The van der Waals surface area contributed by atoms with Crippen LogP contribution in [0.4, 0.5) is 5.69 Å². The van der Waals surface area contributed by atoms with E-state index in [0.717, 1.165) is 37.2 Å². The number of ketones is 1. The predicted molar refractivity (Wildman–Crippen MR) is 133 cm³/mol. The predicted octanol–water partition coefficient (Wildman–Crippen LogP) is 1.55. The van der Waals surface area contributed by atoms with Crippen molar-refractivity contribution in [2.75, 3.05) is 31.6 Å². The molecule has 4 N–H and O–H groups in total. The number of hydrogen-bond acceptors (Lipinski definition) is 6. The molecular weight excluding hydrogens is 446 g/mol. The molecule has 0 radical (unpaired) electrons. The first-order valence-corrected chi connectivity index (χ1v) is 11.7. The van der Waals surface area contributed by atoms with Gasteiger partial charge in [0.05, 0.1) is 12.6 Å². The minimum atomic E-state index is -1.18. The summed E-state index contributed by atoms with van der Waals surface area (Å²) in [4.78, 5) is 38.5. The lowest BCUT2D eigenvalue weighted by molar-refractivity contribution is -0.126. The zero-order valence-electron chi connectivity index (χ0n) is 19.8. The molecule has 1 heterocycles. The summed E-state index contributed by atoms with van der Waals surface area (Å²) in [7, 11) is 0. The van der Waals surface area contributed by atoms with Crippen LogP contribution in [0.2, 0.25) is 0 Å². The van der Waals surface area contributed by atoms with Gasteiger partial charge in [-0.3, -0.25) is 19.3 Å². The number of rotatable bonds is 8. The molecule has 2 aromatic carbocycles. The van der Waals surface area contributed by atoms with E-state index in [9.17, 15) is 19.5 Å². The van der Waals surface area contributed by atoms with Crippen molar-refractivity contribution in [1.82, 2.24) is 10.2 Å². The maximum absolute atomic E-state index is 12.4. The van der Waals surface area contributed by atoms with Crippen molar-refractivity contribution in [3.8, 4) is 11.8 Å². The normalized spacial score (nSPS) is 15.3. The van der Waals surface area contributed by atoms with Crippen LogP contribution in [0, 0.1) is 11.8 Å². The Labute approximate surface area is 205 Å². The first-order chi connectivity index (χ1) is 16.9. The Morgan fingerprint density at radius 2 is 1.51 bits per heavy atom. The van der Waals surface area contributed by atoms with Gasteiger partial charge < -0.3 is 20.8 Å². The average molecular weight is 478 g/mol. The zero-order chi connectivity index (χ0) is 25.2. The molecule has 35 heavy (non-hydrogen) atoms. The van der Waals surface area contributed by atoms with Crippen molar-refractivity contribution >= 4 is 23.3 Å². The number of aliphatic hydroxyl groups is 2. The Bertz CT molecular complexity index is 1080. The third-order valence-corrected chi connectivity index (χ3v) is 5.75. The van der Waals surface area contributed by atoms with Gasteiger partial charge in [-0.2, -0.15) is 0 Å². The highest BCUT2D eigenvalue weighted by atomic mass is 16.3. The third kappa shape index (κ3) is 8.04. The Balaban J connectivity index is 1.54. The van der Waals surface area contributed by atoms with Crippen LogP contribution in [0.5, 0.6) is 0 Å². The number of carbonyl (C=O) groups excluding carboxylic acids is 3. The molecule has 184 valence electrons. The zero-order valence-corrected chi connectivity index (χ0v) is 19.8. The highest BCUT2D eigenvalue weighted by molar-refractivity contribution is 5.98. The third-order valence-electron chi connectivity index (χ3n) is 5.75. The second kappa shape index (κ2) is 12.8. The molecule has 0 saturated carbocycles. The second-order valence-corrected chi connectivity index (χ2v) is 8.61. The Hall–Kier alpha value is -3.51. The fourth-order valence-electron chi connectivity index (χ4n) is 3.80. The molecule has 0 aromatic heterocycles. The number of Topliss-reactive ketones (excluding diaryl/α,β-unsaturated/α-hetero) is 1. The number of carbonyl (C=O) groups is 3. The van der Waals surface area contributed by atoms with Crippen molar-refractivity contribution in [1.29, 1.82) is 0 Å². The number of nitrogens with one attached hydrogen (secondary N) is 2. The summed E-state index contributed by atoms with van der Waals surface area (Å²) in [6.45, 7) is 2.95. The lowest BCUT2D eigenvalue weighted by Crippen LogP contribution is -2.48. The minimum Gasteiger partial charge on any atom is -0.391 e. The number of benzene rings is 2. The molecule has 1 saturated heterocycles. The van der Waals surface area contributed by atoms with Crippen LogP contribution < -0.4 is 10.6 Å². The van der Waals surface area contributed by atoms with E-state index < -0.39 is 30.4 Å². The fraction of sp³-hybridized carbons (Fsp3) is 0.370. The van der Waals surface area contributed by atoms with Gasteiger partial charge in [-0.05, 0) is 81.4 Å². The Morgan fingerprint density at radius 1 is 0.943 bits per heavy atom. The summed E-state index contributed by atoms with van der Waals surface area (Å²) in [5.41, 5.74) is 2.50. The van der Waals surface area contributed by atoms with Gasteiger partial charge in [-0.1, -0.05) is 18.3 Å². The van der Waals surface area contributed by atoms with Crippen LogP contribution in [0.25, 0.3) is 0 Å². The van der Waals surface area contributed by atoms with E-state index >= 15 is 0 Å². The molecule has 2 atom stereocenters. The number of amides is 2. The van der Waals surface area contributed by atoms with Crippen molar-refractivity contribution in [2.24, 2.45) is 0 Å². The van der Waals surface area contributed by atoms with Crippen LogP contribution in [0.3, 0.4) is 0 Å². The van der Waals surface area contributed by atoms with Crippen molar-refractivity contribution in [3.63, 3.8) is 0 Å². The van der Waals surface area contributed by atoms with Crippen LogP contribution in [0.1, 0.15) is 47.7 Å². The van der Waals surface area contributed by atoms with Gasteiger partial charge in [-0.15, -0.1) is 0 Å². The maximum atomic E-state index is 12.4. The van der Waals surface area contributed by atoms with Gasteiger partial charge in [0.1, 0.15) is 12.6 Å². The van der Waals surface area contributed by atoms with Gasteiger partial charge in [0.2, 0.25) is 5.91 Å². The first kappa shape index (κ1) is 26.1. The molecule has 1 aliphatic heterocycles. The molecule has 0 unspecified atom stereocenters. The molecule has 0 aliphatic carbocycles. The van der Waals surface area contributed by atoms with E-state index in [1.807, 2.05) is 24.3 Å². The smallest absolute Gasteiger partial charge is 0.251 e. The maximum Gasteiger partial charge on any atom is 0.251 e. The topological polar surface area (TPSA) is 119 Å². The summed E-state index contributed by atoms with van der Waals surface area (Å²) in [6, 6.07) is 12.6. The number of hydrogen-bond donors (Lipinski definition) is 4. The lowest BCUT2D eigenvalue weighted by Gasteiger charge is -2.25. The van der Waals surface area contributed by atoms with E-state index in [-0.39, 0.29) is 5.91 Å². The molecule has 8 nitrogen and oxygen atoms in total. The summed E-state index contributed by atoms with van der Waals surface area (Å²) in [5.74, 6) is 4.86. The number of piperidine rings is 1. The van der Waals surface area contributed by atoms with Crippen molar-refractivity contribution in [2.45, 2.75) is 38.3 Å². The molecule has 0 bridgehead atoms. The summed E-state index contributed by atoms with van der Waals surface area (Å²) in [5, 5.41) is 24.0. The lowest BCUT2D eigenvalue weighted by atomic mass is 10.1. The molecule has 2 aromatic rings. The minimum absolute atomic E-state index is 0.0182. The number of nitrogens with zero attached hydrogens (tertiary/aromatic N) is 1. The quantitative estimate of drug-likeness (QED) is 0.429. The van der Waals surface area contributed by atoms with Crippen LogP contribution in [-0.4, -0.2) is 71.1 Å². The van der Waals surface area contributed by atoms with Crippen molar-refractivity contribution < 1.29 is 24.6 Å². The fourth-order valence-corrected chi connectivity index (χ4v) is 3.80. The van der Waals surface area contributed by atoms with Gasteiger partial charge in [0.25, 0.3) is 5.91 Å². The van der Waals surface area contributed by atoms with Gasteiger partial charge in [0, 0.05) is 22.4 Å². The van der Waals surface area contributed by atoms with E-state index in [0.29, 0.717) is 17.7 Å². The first-order valence-electron chi connectivity index (χ1n) is 11.7. The number of likely N-dealkylation sites (tertiary alicyclic amines) is 1. The Morgan fingerprint density at radius 3 is 2.06 bits per heavy atom. The highest BCUT2D eigenvalue weighted by Crippen LogP contribution is 2.12. The van der Waals surface area contributed by atoms with Crippen LogP contribution >= 0.6 is 0 Å². The van der Waals surface area contributed by atoms with Gasteiger partial charge in [-0.25, -0.2) is 0 Å². The largest absolute Gasteiger partial charge is 0.391 e. The molecule has 8 heteroatoms. The summed E-state index contributed by atoms with van der Waals surface area (Å²) < 4.78 is 0. The summed E-state index contributed by atoms with van der Waals surface area (Å²) in [6.07, 6.45) is 2.40. The van der Waals surface area contributed by atoms with Gasteiger partial charge >= 0.3 is 0 Å². The molecule has 1 aliphatic rings. The summed E-state index contributed by atoms with van der Waals surface area (Å²) >= 11 is 0. The van der Waals surface area contributed by atoms with E-state index in [1.165, 1.54) is 13.3 Å². The van der Waals surface area contributed by atoms with Gasteiger partial charge in [0.15, 0.2) is 5.78 Å². The average Bonchev–Trinajstić information content (AvgIpc) is 2.87. The monoisotopic (exact) mass is 477 g/mol. The molecule has 0 spiro atoms. The Kier molecular flexibility index (Phi) is 9.56. The number of anilines is 1. The standard InChI is InChI=1S/C27H31N3O5/c1-19(32)26(24(33)18-31)29-27(35)22-11-7-20(8-12-22)5-6-21-9-13-23(14-10-21)28-25(34)17-30-15-3-2-4-16-30/h7-14,19,26,31-32H,2-4,15-18H2,1H3,(H,28,34)(H,29,35)/t19-,26+/m1/s1. The molecular formula is C27H31N3O5. The van der Waals surface area contributed by atoms with E-state index in [1.54, 1.807) is 24.3 Å². The van der Waals surface area contributed by atoms with E-state index in [2.05, 4.69) is 27.4 Å². The molecule has 3 rings (SSSR count). The SMILES string of the molecule is C[C@@H](O)[C@H](NC(=O)c1ccc(C#Cc2ccc(NC(=O)CN3CCCCC3)cc2)cc1)C(=O)CO.